The van der Waals surface area contributed by atoms with Crippen LogP contribution in [0.3, 0.4) is 0 Å². The van der Waals surface area contributed by atoms with Crippen molar-refractivity contribution in [3.63, 3.8) is 0 Å². The predicted molar refractivity (Wildman–Crippen MR) is 54.9 cm³/mol. The summed E-state index contributed by atoms with van der Waals surface area (Å²) in [5, 5.41) is 19.7. The number of hydroxylamine groups is 1. The van der Waals surface area contributed by atoms with Gasteiger partial charge in [-0.25, -0.2) is 5.48 Å². The molecule has 2 rings (SSSR count). The first-order valence-electron chi connectivity index (χ1n) is 4.39. The van der Waals surface area contributed by atoms with Gasteiger partial charge in [0.2, 0.25) is 0 Å². The van der Waals surface area contributed by atoms with Gasteiger partial charge >= 0.3 is 0 Å². The monoisotopic (exact) mass is 203 g/mol. The highest BCUT2D eigenvalue weighted by atomic mass is 16.5. The normalized spacial score (nSPS) is 10.2. The van der Waals surface area contributed by atoms with Gasteiger partial charge in [0, 0.05) is 5.39 Å². The molecule has 0 bridgehead atoms. The second-order valence-corrected chi connectivity index (χ2v) is 3.12. The summed E-state index contributed by atoms with van der Waals surface area (Å²) in [5.41, 5.74) is 1.54. The van der Waals surface area contributed by atoms with Crippen molar-refractivity contribution in [3.05, 3.63) is 42.0 Å². The molecule has 0 aromatic heterocycles. The molecule has 2 aromatic rings. The van der Waals surface area contributed by atoms with E-state index in [1.807, 2.05) is 12.1 Å². The number of hydrogen-bond acceptors (Lipinski definition) is 3. The minimum atomic E-state index is -0.724. The van der Waals surface area contributed by atoms with Gasteiger partial charge in [0.1, 0.15) is 5.75 Å². The third-order valence-corrected chi connectivity index (χ3v) is 2.25. The van der Waals surface area contributed by atoms with E-state index in [4.69, 9.17) is 5.21 Å². The lowest BCUT2D eigenvalue weighted by atomic mass is 10.1. The summed E-state index contributed by atoms with van der Waals surface area (Å²) in [7, 11) is 0. The van der Waals surface area contributed by atoms with Gasteiger partial charge in [-0.1, -0.05) is 30.3 Å². The van der Waals surface area contributed by atoms with Crippen molar-refractivity contribution in [2.24, 2.45) is 0 Å². The summed E-state index contributed by atoms with van der Waals surface area (Å²) in [6.45, 7) is 0. The van der Waals surface area contributed by atoms with Gasteiger partial charge in [-0.3, -0.25) is 10.0 Å². The minimum Gasteiger partial charge on any atom is -0.506 e. The highest BCUT2D eigenvalue weighted by Crippen LogP contribution is 2.28. The second kappa shape index (κ2) is 3.59. The molecule has 76 valence electrons. The van der Waals surface area contributed by atoms with Gasteiger partial charge in [-0.2, -0.15) is 0 Å². The van der Waals surface area contributed by atoms with E-state index in [9.17, 15) is 9.90 Å². The Balaban J connectivity index is 2.70. The summed E-state index contributed by atoms with van der Waals surface area (Å²) < 4.78 is 0. The third kappa shape index (κ3) is 1.51. The number of carbonyl (C=O) groups excluding carboxylic acids is 1. The second-order valence-electron chi connectivity index (χ2n) is 3.12. The SMILES string of the molecule is O=C(NO)c1ccc2ccccc2c1O. The number of aromatic hydroxyl groups is 1. The van der Waals surface area contributed by atoms with Crippen LogP contribution < -0.4 is 5.48 Å². The zero-order valence-electron chi connectivity index (χ0n) is 7.77. The molecule has 2 aromatic carbocycles. The third-order valence-electron chi connectivity index (χ3n) is 2.25. The van der Waals surface area contributed by atoms with Gasteiger partial charge in [0.05, 0.1) is 5.56 Å². The number of rotatable bonds is 1. The van der Waals surface area contributed by atoms with E-state index in [1.54, 1.807) is 18.2 Å². The van der Waals surface area contributed by atoms with E-state index in [0.717, 1.165) is 5.39 Å². The average molecular weight is 203 g/mol. The van der Waals surface area contributed by atoms with Crippen LogP contribution in [0.5, 0.6) is 5.75 Å². The van der Waals surface area contributed by atoms with Crippen LogP contribution in [0.1, 0.15) is 10.4 Å². The average Bonchev–Trinajstić information content (AvgIpc) is 2.29. The van der Waals surface area contributed by atoms with Crippen LogP contribution in [0.2, 0.25) is 0 Å². The Hall–Kier alpha value is -2.07. The zero-order chi connectivity index (χ0) is 10.8. The fraction of sp³-hybridized carbons (Fsp3) is 0. The van der Waals surface area contributed by atoms with Crippen LogP contribution in [-0.2, 0) is 0 Å². The maximum Gasteiger partial charge on any atom is 0.278 e. The number of nitrogens with one attached hydrogen (secondary N) is 1. The molecular formula is C11H9NO3. The van der Waals surface area contributed by atoms with Crippen LogP contribution in [0.25, 0.3) is 10.8 Å². The van der Waals surface area contributed by atoms with Crippen LogP contribution in [-0.4, -0.2) is 16.2 Å². The van der Waals surface area contributed by atoms with Gasteiger partial charge in [0.15, 0.2) is 0 Å². The van der Waals surface area contributed by atoms with Gasteiger partial charge in [-0.15, -0.1) is 0 Å². The number of benzene rings is 2. The molecule has 0 fully saturated rings. The van der Waals surface area contributed by atoms with Crippen LogP contribution in [0.15, 0.2) is 36.4 Å². The van der Waals surface area contributed by atoms with Crippen molar-refractivity contribution in [1.29, 1.82) is 0 Å². The first kappa shape index (κ1) is 9.48. The first-order chi connectivity index (χ1) is 7.24. The number of hydrogen-bond donors (Lipinski definition) is 3. The number of phenols is 1. The van der Waals surface area contributed by atoms with E-state index in [2.05, 4.69) is 0 Å². The zero-order valence-corrected chi connectivity index (χ0v) is 7.77. The molecule has 0 spiro atoms. The molecule has 3 N–H and O–H groups in total. The Morgan fingerprint density at radius 2 is 1.87 bits per heavy atom. The van der Waals surface area contributed by atoms with Crippen molar-refractivity contribution in [2.45, 2.75) is 0 Å². The number of fused-ring (bicyclic) bond motifs is 1. The molecule has 15 heavy (non-hydrogen) atoms. The molecule has 4 nitrogen and oxygen atoms in total. The van der Waals surface area contributed by atoms with Crippen molar-refractivity contribution in [3.8, 4) is 5.75 Å². The summed E-state index contributed by atoms with van der Waals surface area (Å²) in [4.78, 5) is 11.2. The Morgan fingerprint density at radius 1 is 1.13 bits per heavy atom. The van der Waals surface area contributed by atoms with Crippen LogP contribution >= 0.6 is 0 Å². The van der Waals surface area contributed by atoms with E-state index in [0.29, 0.717) is 5.39 Å². The number of phenolic OH excluding ortho intramolecular Hbond substituents is 1. The quantitative estimate of drug-likeness (QED) is 0.487. The summed E-state index contributed by atoms with van der Waals surface area (Å²) in [6.07, 6.45) is 0. The lowest BCUT2D eigenvalue weighted by Crippen LogP contribution is -2.18. The lowest BCUT2D eigenvalue weighted by molar-refractivity contribution is 0.0703. The highest BCUT2D eigenvalue weighted by molar-refractivity contribution is 6.03. The molecule has 0 saturated heterocycles. The molecule has 0 aliphatic rings. The molecule has 0 heterocycles. The molecule has 0 radical (unpaired) electrons. The van der Waals surface area contributed by atoms with E-state index in [1.165, 1.54) is 11.5 Å². The fourth-order valence-corrected chi connectivity index (χ4v) is 1.50. The topological polar surface area (TPSA) is 69.6 Å². The molecule has 4 heteroatoms. The maximum atomic E-state index is 11.2. The van der Waals surface area contributed by atoms with Crippen molar-refractivity contribution in [2.75, 3.05) is 0 Å². The van der Waals surface area contributed by atoms with Gasteiger partial charge in [-0.05, 0) is 11.5 Å². The number of amides is 1. The lowest BCUT2D eigenvalue weighted by Gasteiger charge is -2.05. The summed E-state index contributed by atoms with van der Waals surface area (Å²) in [6, 6.07) is 10.3. The highest BCUT2D eigenvalue weighted by Gasteiger charge is 2.12. The predicted octanol–water partition coefficient (Wildman–Crippen LogP) is 1.66. The van der Waals surface area contributed by atoms with Crippen LogP contribution in [0.4, 0.5) is 0 Å². The van der Waals surface area contributed by atoms with Crippen molar-refractivity contribution < 1.29 is 15.1 Å². The minimum absolute atomic E-state index is 0.0520. The summed E-state index contributed by atoms with van der Waals surface area (Å²) >= 11 is 0. The van der Waals surface area contributed by atoms with E-state index >= 15 is 0 Å². The Morgan fingerprint density at radius 3 is 2.60 bits per heavy atom. The Labute approximate surface area is 85.7 Å². The number of carbonyl (C=O) groups is 1. The molecule has 1 amide bonds. The van der Waals surface area contributed by atoms with Gasteiger partial charge in [0.25, 0.3) is 5.91 Å². The Bertz CT molecular complexity index is 522. The van der Waals surface area contributed by atoms with Crippen molar-refractivity contribution in [1.82, 2.24) is 5.48 Å². The molecule has 0 aliphatic heterocycles. The smallest absolute Gasteiger partial charge is 0.278 e. The van der Waals surface area contributed by atoms with Gasteiger partial charge < -0.3 is 5.11 Å². The van der Waals surface area contributed by atoms with Crippen molar-refractivity contribution >= 4 is 16.7 Å². The first-order valence-corrected chi connectivity index (χ1v) is 4.39. The molecule has 0 atom stereocenters. The maximum absolute atomic E-state index is 11.2. The van der Waals surface area contributed by atoms with E-state index in [-0.39, 0.29) is 11.3 Å². The Kier molecular flexibility index (Phi) is 2.27. The van der Waals surface area contributed by atoms with Crippen LogP contribution in [0, 0.1) is 0 Å². The standard InChI is InChI=1S/C11H9NO3/c13-10-8-4-2-1-3-7(8)5-6-9(10)11(14)12-15/h1-6,13,15H,(H,12,14). The molecule has 0 aliphatic carbocycles. The molecular weight excluding hydrogens is 194 g/mol. The molecule has 0 unspecified atom stereocenters. The largest absolute Gasteiger partial charge is 0.506 e. The molecule has 0 saturated carbocycles. The fourth-order valence-electron chi connectivity index (χ4n) is 1.50. The summed E-state index contributed by atoms with van der Waals surface area (Å²) in [5.74, 6) is -0.849. The van der Waals surface area contributed by atoms with E-state index < -0.39 is 5.91 Å².